The molecule has 1 aromatic carbocycles. The van der Waals surface area contributed by atoms with Crippen molar-refractivity contribution in [1.29, 1.82) is 0 Å². The predicted molar refractivity (Wildman–Crippen MR) is 116 cm³/mol. The number of anilines is 1. The Morgan fingerprint density at radius 1 is 1.07 bits per heavy atom. The molecule has 3 aliphatic heterocycles. The van der Waals surface area contributed by atoms with Crippen LogP contribution in [0.1, 0.15) is 45.1 Å². The maximum Gasteiger partial charge on any atom is 0.225 e. The molecule has 5 heteroatoms. The predicted octanol–water partition coefficient (Wildman–Crippen LogP) is 3.20. The highest BCUT2D eigenvalue weighted by Crippen LogP contribution is 2.46. The summed E-state index contributed by atoms with van der Waals surface area (Å²) in [6.07, 6.45) is 5.86. The highest BCUT2D eigenvalue weighted by atomic mass is 16.2. The van der Waals surface area contributed by atoms with Crippen LogP contribution in [-0.4, -0.2) is 61.3 Å². The van der Waals surface area contributed by atoms with Gasteiger partial charge in [0.1, 0.15) is 0 Å². The first-order chi connectivity index (χ1) is 13.9. The minimum absolute atomic E-state index is 0.146. The molecule has 1 amide bonds. The van der Waals surface area contributed by atoms with Gasteiger partial charge in [0, 0.05) is 48.9 Å². The molecule has 5 nitrogen and oxygen atoms in total. The minimum Gasteiger partial charge on any atom is -0.347 e. The van der Waals surface area contributed by atoms with E-state index in [-0.39, 0.29) is 17.1 Å². The summed E-state index contributed by atoms with van der Waals surface area (Å²) in [6.45, 7) is 8.33. The summed E-state index contributed by atoms with van der Waals surface area (Å²) in [4.78, 5) is 31.8. The molecule has 2 fully saturated rings. The van der Waals surface area contributed by atoms with Gasteiger partial charge in [0.05, 0.1) is 6.54 Å². The number of para-hydroxylation sites is 1. The average Bonchev–Trinajstić information content (AvgIpc) is 3.31. The summed E-state index contributed by atoms with van der Waals surface area (Å²) in [7, 11) is 2.04. The standard InChI is InChI=1S/C24H33N3O2/c1-24(2)20-8-4-5-9-21(20)25(3)22(24)16-19(28)17-26-14-10-18(11-15-26)23(29)27-12-6-7-13-27/h4-5,8-9,16,18H,6-7,10-15,17H2,1-3H3. The second-order valence-electron chi connectivity index (χ2n) is 9.28. The summed E-state index contributed by atoms with van der Waals surface area (Å²) < 4.78 is 0. The Bertz CT molecular complexity index is 815. The number of fused-ring (bicyclic) bond motifs is 1. The van der Waals surface area contributed by atoms with Crippen LogP contribution in [0.15, 0.2) is 36.0 Å². The largest absolute Gasteiger partial charge is 0.347 e. The summed E-state index contributed by atoms with van der Waals surface area (Å²) >= 11 is 0. The number of allylic oxidation sites excluding steroid dienone is 1. The molecule has 0 bridgehead atoms. The lowest BCUT2D eigenvalue weighted by Crippen LogP contribution is -2.43. The van der Waals surface area contributed by atoms with Crippen molar-refractivity contribution in [3.8, 4) is 0 Å². The number of likely N-dealkylation sites (tertiary alicyclic amines) is 2. The number of carbonyl (C=O) groups is 2. The van der Waals surface area contributed by atoms with E-state index in [0.717, 1.165) is 57.6 Å². The van der Waals surface area contributed by atoms with Gasteiger partial charge in [-0.3, -0.25) is 14.5 Å². The van der Waals surface area contributed by atoms with Gasteiger partial charge >= 0.3 is 0 Å². The van der Waals surface area contributed by atoms with E-state index in [4.69, 9.17) is 0 Å². The van der Waals surface area contributed by atoms with Gasteiger partial charge < -0.3 is 9.80 Å². The van der Waals surface area contributed by atoms with Crippen molar-refractivity contribution in [2.75, 3.05) is 44.7 Å². The molecular formula is C24H33N3O2. The summed E-state index contributed by atoms with van der Waals surface area (Å²) in [5.74, 6) is 0.631. The number of rotatable bonds is 4. The molecule has 4 rings (SSSR count). The van der Waals surface area contributed by atoms with E-state index in [9.17, 15) is 9.59 Å². The van der Waals surface area contributed by atoms with E-state index in [1.54, 1.807) is 0 Å². The first-order valence-corrected chi connectivity index (χ1v) is 11.0. The molecule has 29 heavy (non-hydrogen) atoms. The van der Waals surface area contributed by atoms with Gasteiger partial charge in [-0.05, 0) is 50.4 Å². The Labute approximate surface area is 174 Å². The Morgan fingerprint density at radius 3 is 2.38 bits per heavy atom. The van der Waals surface area contributed by atoms with Crippen LogP contribution in [0.2, 0.25) is 0 Å². The molecule has 0 radical (unpaired) electrons. The van der Waals surface area contributed by atoms with E-state index in [1.165, 1.54) is 11.3 Å². The van der Waals surface area contributed by atoms with Gasteiger partial charge in [-0.2, -0.15) is 0 Å². The molecule has 3 aliphatic rings. The van der Waals surface area contributed by atoms with Crippen LogP contribution in [0.25, 0.3) is 0 Å². The molecule has 1 aromatic rings. The fourth-order valence-corrected chi connectivity index (χ4v) is 5.21. The summed E-state index contributed by atoms with van der Waals surface area (Å²) in [5, 5.41) is 0. The van der Waals surface area contributed by atoms with Crippen LogP contribution in [0.4, 0.5) is 5.69 Å². The van der Waals surface area contributed by atoms with Crippen molar-refractivity contribution in [3.63, 3.8) is 0 Å². The fraction of sp³-hybridized carbons (Fsp3) is 0.583. The lowest BCUT2D eigenvalue weighted by Gasteiger charge is -2.32. The van der Waals surface area contributed by atoms with E-state index in [1.807, 2.05) is 24.1 Å². The van der Waals surface area contributed by atoms with Gasteiger partial charge in [-0.1, -0.05) is 32.0 Å². The molecule has 0 spiro atoms. The van der Waals surface area contributed by atoms with Gasteiger partial charge in [-0.15, -0.1) is 0 Å². The molecule has 2 saturated heterocycles. The number of ketones is 1. The maximum atomic E-state index is 12.9. The van der Waals surface area contributed by atoms with E-state index >= 15 is 0 Å². The van der Waals surface area contributed by atoms with E-state index in [0.29, 0.717) is 12.5 Å². The molecule has 0 unspecified atom stereocenters. The normalized spacial score (nSPS) is 23.6. The molecule has 0 saturated carbocycles. The van der Waals surface area contributed by atoms with Crippen LogP contribution in [-0.2, 0) is 15.0 Å². The summed E-state index contributed by atoms with van der Waals surface area (Å²) in [6, 6.07) is 8.38. The van der Waals surface area contributed by atoms with Gasteiger partial charge in [0.25, 0.3) is 0 Å². The molecule has 0 aromatic heterocycles. The van der Waals surface area contributed by atoms with Crippen molar-refractivity contribution in [2.45, 2.75) is 44.9 Å². The van der Waals surface area contributed by atoms with E-state index in [2.05, 4.69) is 41.8 Å². The third kappa shape index (κ3) is 3.85. The van der Waals surface area contributed by atoms with Crippen LogP contribution in [0.3, 0.4) is 0 Å². The number of nitrogens with zero attached hydrogens (tertiary/aromatic N) is 3. The zero-order valence-electron chi connectivity index (χ0n) is 18.0. The monoisotopic (exact) mass is 395 g/mol. The highest BCUT2D eigenvalue weighted by molar-refractivity contribution is 5.94. The quantitative estimate of drug-likeness (QED) is 0.735. The average molecular weight is 396 g/mol. The van der Waals surface area contributed by atoms with Crippen LogP contribution in [0, 0.1) is 5.92 Å². The maximum absolute atomic E-state index is 12.9. The third-order valence-corrected chi connectivity index (χ3v) is 6.97. The summed E-state index contributed by atoms with van der Waals surface area (Å²) in [5.41, 5.74) is 3.33. The van der Waals surface area contributed by atoms with Gasteiger partial charge in [0.15, 0.2) is 5.78 Å². The second-order valence-corrected chi connectivity index (χ2v) is 9.28. The highest BCUT2D eigenvalue weighted by Gasteiger charge is 2.38. The topological polar surface area (TPSA) is 43.9 Å². The van der Waals surface area contributed by atoms with Crippen molar-refractivity contribution in [2.24, 2.45) is 5.92 Å². The Hall–Kier alpha value is -2.14. The van der Waals surface area contributed by atoms with Crippen molar-refractivity contribution >= 4 is 17.4 Å². The first kappa shape index (κ1) is 20.1. The lowest BCUT2D eigenvalue weighted by atomic mass is 9.83. The Kier molecular flexibility index (Phi) is 5.52. The zero-order chi connectivity index (χ0) is 20.6. The molecule has 156 valence electrons. The molecular weight excluding hydrogens is 362 g/mol. The SMILES string of the molecule is CN1C(=CC(=O)CN2CCC(C(=O)N3CCCC3)CC2)C(C)(C)c2ccccc21. The molecule has 3 heterocycles. The third-order valence-electron chi connectivity index (χ3n) is 6.97. The zero-order valence-corrected chi connectivity index (χ0v) is 18.0. The number of carbonyl (C=O) groups excluding carboxylic acids is 2. The second kappa shape index (κ2) is 7.94. The fourth-order valence-electron chi connectivity index (χ4n) is 5.21. The van der Waals surface area contributed by atoms with E-state index < -0.39 is 0 Å². The number of hydrogen-bond acceptors (Lipinski definition) is 4. The van der Waals surface area contributed by atoms with Crippen LogP contribution < -0.4 is 4.90 Å². The van der Waals surface area contributed by atoms with Gasteiger partial charge in [-0.25, -0.2) is 0 Å². The number of piperidine rings is 1. The number of benzene rings is 1. The molecule has 0 N–H and O–H groups in total. The molecule has 0 aliphatic carbocycles. The Morgan fingerprint density at radius 2 is 1.72 bits per heavy atom. The first-order valence-electron chi connectivity index (χ1n) is 11.0. The smallest absolute Gasteiger partial charge is 0.225 e. The lowest BCUT2D eigenvalue weighted by molar-refractivity contribution is -0.136. The van der Waals surface area contributed by atoms with Crippen molar-refractivity contribution in [3.05, 3.63) is 41.6 Å². The number of likely N-dealkylation sites (N-methyl/N-ethyl adjacent to an activating group) is 1. The van der Waals surface area contributed by atoms with Crippen LogP contribution in [0.5, 0.6) is 0 Å². The van der Waals surface area contributed by atoms with Crippen molar-refractivity contribution < 1.29 is 9.59 Å². The van der Waals surface area contributed by atoms with Gasteiger partial charge in [0.2, 0.25) is 5.91 Å². The molecule has 0 atom stereocenters. The van der Waals surface area contributed by atoms with Crippen molar-refractivity contribution in [1.82, 2.24) is 9.80 Å². The minimum atomic E-state index is -0.170. The van der Waals surface area contributed by atoms with Crippen LogP contribution >= 0.6 is 0 Å². The number of hydrogen-bond donors (Lipinski definition) is 0. The Balaban J connectivity index is 1.35. The number of amides is 1.